The summed E-state index contributed by atoms with van der Waals surface area (Å²) >= 11 is 0. The summed E-state index contributed by atoms with van der Waals surface area (Å²) < 4.78 is 5.28. The number of nitrogens with one attached hydrogen (secondary N) is 2. The normalized spacial score (nSPS) is 24.7. The molecule has 1 heterocycles. The van der Waals surface area contributed by atoms with Crippen molar-refractivity contribution < 1.29 is 14.3 Å². The number of carbonyl (C=O) groups is 2. The second kappa shape index (κ2) is 9.06. The highest BCUT2D eigenvalue weighted by Gasteiger charge is 2.37. The molecular formula is C18H26ClN3O3. The van der Waals surface area contributed by atoms with E-state index in [9.17, 15) is 9.59 Å². The van der Waals surface area contributed by atoms with Gasteiger partial charge >= 0.3 is 0 Å². The maximum Gasteiger partial charge on any atom is 0.255 e. The lowest BCUT2D eigenvalue weighted by Crippen LogP contribution is -2.42. The highest BCUT2D eigenvalue weighted by Crippen LogP contribution is 2.33. The third-order valence-corrected chi connectivity index (χ3v) is 4.93. The minimum atomic E-state index is -0.512. The highest BCUT2D eigenvalue weighted by atomic mass is 35.5. The number of fused-ring (bicyclic) bond motifs is 1. The third kappa shape index (κ3) is 5.34. The maximum atomic E-state index is 12.4. The average molecular weight is 368 g/mol. The molecule has 1 aliphatic heterocycles. The molecule has 2 aliphatic rings. The molecular weight excluding hydrogens is 342 g/mol. The van der Waals surface area contributed by atoms with Crippen LogP contribution in [0.25, 0.3) is 0 Å². The molecule has 2 fully saturated rings. The van der Waals surface area contributed by atoms with Crippen LogP contribution in [0.5, 0.6) is 5.75 Å². The fourth-order valence-electron chi connectivity index (χ4n) is 3.73. The number of primary amides is 1. The molecule has 7 heteroatoms. The number of rotatable bonds is 6. The molecule has 1 saturated heterocycles. The number of carbonyl (C=O) groups excluding carboxylic acids is 2. The smallest absolute Gasteiger partial charge is 0.255 e. The molecule has 3 rings (SSSR count). The molecule has 1 aromatic carbocycles. The molecule has 3 unspecified atom stereocenters. The lowest BCUT2D eigenvalue weighted by Gasteiger charge is -2.24. The fourth-order valence-corrected chi connectivity index (χ4v) is 3.73. The van der Waals surface area contributed by atoms with Gasteiger partial charge in [0.15, 0.2) is 6.61 Å². The maximum absolute atomic E-state index is 12.4. The van der Waals surface area contributed by atoms with Gasteiger partial charge in [0, 0.05) is 12.6 Å². The Kier molecular flexibility index (Phi) is 7.08. The van der Waals surface area contributed by atoms with Crippen LogP contribution in [0.3, 0.4) is 0 Å². The second-order valence-corrected chi connectivity index (χ2v) is 6.73. The molecule has 0 bridgehead atoms. The fraction of sp³-hybridized carbons (Fsp3) is 0.556. The molecule has 0 spiro atoms. The Labute approximate surface area is 154 Å². The molecule has 138 valence electrons. The lowest BCUT2D eigenvalue weighted by atomic mass is 9.85. The van der Waals surface area contributed by atoms with E-state index in [4.69, 9.17) is 10.5 Å². The summed E-state index contributed by atoms with van der Waals surface area (Å²) in [6, 6.07) is 7.76. The van der Waals surface area contributed by atoms with Crippen molar-refractivity contribution in [3.8, 4) is 5.75 Å². The minimum Gasteiger partial charge on any atom is -0.484 e. The van der Waals surface area contributed by atoms with Crippen molar-refractivity contribution in [3.63, 3.8) is 0 Å². The van der Waals surface area contributed by atoms with Crippen molar-refractivity contribution >= 4 is 24.2 Å². The first-order chi connectivity index (χ1) is 11.6. The van der Waals surface area contributed by atoms with E-state index in [1.54, 1.807) is 6.07 Å². The number of hydrogen-bond donors (Lipinski definition) is 3. The molecule has 0 radical (unpaired) electrons. The largest absolute Gasteiger partial charge is 0.484 e. The number of halogens is 1. The predicted molar refractivity (Wildman–Crippen MR) is 97.5 cm³/mol. The first-order valence-corrected chi connectivity index (χ1v) is 8.65. The van der Waals surface area contributed by atoms with Crippen molar-refractivity contribution in [3.05, 3.63) is 29.8 Å². The lowest BCUT2D eigenvalue weighted by molar-refractivity contribution is -0.123. The first-order valence-electron chi connectivity index (χ1n) is 8.65. The van der Waals surface area contributed by atoms with Crippen molar-refractivity contribution in [2.24, 2.45) is 11.7 Å². The molecule has 1 aliphatic carbocycles. The van der Waals surface area contributed by atoms with E-state index in [0.717, 1.165) is 12.0 Å². The Bertz CT molecular complexity index is 597. The predicted octanol–water partition coefficient (Wildman–Crippen LogP) is 1.51. The highest BCUT2D eigenvalue weighted by molar-refractivity contribution is 5.85. The molecule has 0 aromatic heterocycles. The van der Waals surface area contributed by atoms with Crippen LogP contribution in [0.2, 0.25) is 0 Å². The van der Waals surface area contributed by atoms with E-state index in [-0.39, 0.29) is 31.0 Å². The minimum absolute atomic E-state index is 0. The van der Waals surface area contributed by atoms with E-state index >= 15 is 0 Å². The van der Waals surface area contributed by atoms with Gasteiger partial charge in [-0.2, -0.15) is 0 Å². The van der Waals surface area contributed by atoms with Crippen LogP contribution in [0.1, 0.15) is 37.7 Å². The van der Waals surface area contributed by atoms with Crippen LogP contribution >= 0.6 is 12.4 Å². The Morgan fingerprint density at radius 3 is 2.84 bits per heavy atom. The summed E-state index contributed by atoms with van der Waals surface area (Å²) in [5.41, 5.74) is 6.00. The Morgan fingerprint density at radius 2 is 2.08 bits per heavy atom. The summed E-state index contributed by atoms with van der Waals surface area (Å²) in [4.78, 5) is 23.2. The van der Waals surface area contributed by atoms with E-state index in [1.165, 1.54) is 25.7 Å². The molecule has 1 aromatic rings. The number of amides is 2. The van der Waals surface area contributed by atoms with E-state index < -0.39 is 5.91 Å². The molecule has 6 nitrogen and oxygen atoms in total. The zero-order chi connectivity index (χ0) is 16.9. The Hall–Kier alpha value is -1.79. The van der Waals surface area contributed by atoms with Crippen LogP contribution in [0, 0.1) is 5.92 Å². The van der Waals surface area contributed by atoms with Gasteiger partial charge < -0.3 is 21.1 Å². The van der Waals surface area contributed by atoms with Gasteiger partial charge in [0.05, 0.1) is 6.04 Å². The van der Waals surface area contributed by atoms with E-state index in [1.807, 2.05) is 18.2 Å². The third-order valence-electron chi connectivity index (χ3n) is 4.93. The van der Waals surface area contributed by atoms with Crippen LogP contribution in [-0.4, -0.2) is 30.5 Å². The molecule has 3 atom stereocenters. The second-order valence-electron chi connectivity index (χ2n) is 6.73. The number of benzene rings is 1. The summed E-state index contributed by atoms with van der Waals surface area (Å²) in [6.45, 7) is 0.296. The van der Waals surface area contributed by atoms with Crippen LogP contribution in [0.15, 0.2) is 24.3 Å². The Morgan fingerprint density at radius 1 is 1.28 bits per heavy atom. The zero-order valence-corrected chi connectivity index (χ0v) is 15.0. The van der Waals surface area contributed by atoms with Gasteiger partial charge in [-0.05, 0) is 42.9 Å². The first kappa shape index (κ1) is 19.5. The quantitative estimate of drug-likeness (QED) is 0.710. The van der Waals surface area contributed by atoms with Gasteiger partial charge in [0.25, 0.3) is 5.91 Å². The Balaban J connectivity index is 0.00000225. The monoisotopic (exact) mass is 367 g/mol. The summed E-state index contributed by atoms with van der Waals surface area (Å²) in [7, 11) is 0. The number of ether oxygens (including phenoxy) is 1. The van der Waals surface area contributed by atoms with Crippen molar-refractivity contribution in [1.82, 2.24) is 10.6 Å². The molecule has 1 saturated carbocycles. The molecule has 25 heavy (non-hydrogen) atoms. The van der Waals surface area contributed by atoms with Gasteiger partial charge in [0.2, 0.25) is 5.91 Å². The van der Waals surface area contributed by atoms with Crippen molar-refractivity contribution in [2.75, 3.05) is 6.61 Å². The van der Waals surface area contributed by atoms with Crippen LogP contribution in [0.4, 0.5) is 0 Å². The number of hydrogen-bond acceptors (Lipinski definition) is 4. The van der Waals surface area contributed by atoms with E-state index in [2.05, 4.69) is 10.6 Å². The summed E-state index contributed by atoms with van der Waals surface area (Å²) in [6.07, 6.45) is 5.92. The van der Waals surface area contributed by atoms with Gasteiger partial charge in [-0.3, -0.25) is 9.59 Å². The van der Waals surface area contributed by atoms with Crippen LogP contribution in [-0.2, 0) is 16.1 Å². The van der Waals surface area contributed by atoms with Gasteiger partial charge in [-0.1, -0.05) is 25.0 Å². The van der Waals surface area contributed by atoms with Gasteiger partial charge in [-0.15, -0.1) is 12.4 Å². The van der Waals surface area contributed by atoms with Gasteiger partial charge in [-0.25, -0.2) is 0 Å². The molecule has 4 N–H and O–H groups in total. The van der Waals surface area contributed by atoms with E-state index in [0.29, 0.717) is 24.3 Å². The van der Waals surface area contributed by atoms with Crippen molar-refractivity contribution in [2.45, 2.75) is 50.7 Å². The SMILES string of the molecule is Cl.NC(=O)COc1cccc(CNC(=O)C2CC3CCCCC3N2)c1. The summed E-state index contributed by atoms with van der Waals surface area (Å²) in [5.74, 6) is 0.779. The topological polar surface area (TPSA) is 93.5 Å². The number of nitrogens with two attached hydrogens (primary N) is 1. The molecule has 2 amide bonds. The standard InChI is InChI=1S/C18H25N3O3.ClH/c19-17(22)11-24-14-6-3-4-12(8-14)10-20-18(23)16-9-13-5-1-2-7-15(13)21-16;/h3-4,6,8,13,15-16,21H,1-2,5,7,9-11H2,(H2,19,22)(H,20,23);1H. The average Bonchev–Trinajstić information content (AvgIpc) is 3.02. The van der Waals surface area contributed by atoms with Gasteiger partial charge in [0.1, 0.15) is 5.75 Å². The zero-order valence-electron chi connectivity index (χ0n) is 14.2. The summed E-state index contributed by atoms with van der Waals surface area (Å²) in [5, 5.41) is 6.48. The van der Waals surface area contributed by atoms with Crippen LogP contribution < -0.4 is 21.1 Å². The van der Waals surface area contributed by atoms with Crippen molar-refractivity contribution in [1.29, 1.82) is 0 Å².